The first-order chi connectivity index (χ1) is 3.39. The zero-order chi connectivity index (χ0) is 5.11. The van der Waals surface area contributed by atoms with Crippen molar-refractivity contribution in [1.82, 2.24) is 0 Å². The molecule has 0 aromatic carbocycles. The van der Waals surface area contributed by atoms with E-state index in [1.807, 2.05) is 30.7 Å². The Hall–Kier alpha value is 0.505. The van der Waals surface area contributed by atoms with Gasteiger partial charge in [0.25, 0.3) is 0 Å². The summed E-state index contributed by atoms with van der Waals surface area (Å²) in [4.78, 5) is 0. The molecule has 0 nitrogen and oxygen atoms in total. The van der Waals surface area contributed by atoms with Crippen LogP contribution < -0.4 is 0 Å². The molecule has 0 aromatic rings. The summed E-state index contributed by atoms with van der Waals surface area (Å²) in [6, 6.07) is 0. The molecule has 1 rings (SSSR count). The summed E-state index contributed by atoms with van der Waals surface area (Å²) in [5.41, 5.74) is 1.07. The van der Waals surface area contributed by atoms with Crippen LogP contribution in [-0.4, -0.2) is 0 Å². The van der Waals surface area contributed by atoms with Crippen molar-refractivity contribution in [3.8, 4) is 0 Å². The summed E-state index contributed by atoms with van der Waals surface area (Å²) < 4.78 is 0. The Morgan fingerprint density at radius 1 is 1.11 bits per heavy atom. The van der Waals surface area contributed by atoms with Crippen LogP contribution in [0.15, 0.2) is 36.5 Å². The molecule has 9 heavy (non-hydrogen) atoms. The van der Waals surface area contributed by atoms with Crippen molar-refractivity contribution in [1.29, 1.82) is 0 Å². The summed E-state index contributed by atoms with van der Waals surface area (Å²) >= 11 is 0. The van der Waals surface area contributed by atoms with Crippen LogP contribution in [0.1, 0.15) is 0 Å². The van der Waals surface area contributed by atoms with Crippen LogP contribution in [0, 0.1) is 6.42 Å². The van der Waals surface area contributed by atoms with Gasteiger partial charge in [-0.25, -0.2) is 0 Å². The average molecular weight is 325 g/mol. The van der Waals surface area contributed by atoms with E-state index in [2.05, 4.69) is 6.58 Å². The Labute approximate surface area is 83.7 Å². The summed E-state index contributed by atoms with van der Waals surface area (Å²) in [7, 11) is 0. The fourth-order valence-electron chi connectivity index (χ4n) is 0.478. The van der Waals surface area contributed by atoms with Crippen molar-refractivity contribution in [3.63, 3.8) is 0 Å². The van der Waals surface area contributed by atoms with Gasteiger partial charge in [-0.3, -0.25) is 0 Å². The summed E-state index contributed by atoms with van der Waals surface area (Å²) in [6.45, 7) is 3.72. The van der Waals surface area contributed by atoms with Crippen molar-refractivity contribution in [2.75, 3.05) is 0 Å². The predicted molar refractivity (Wildman–Crippen MR) is 40.5 cm³/mol. The van der Waals surface area contributed by atoms with E-state index in [9.17, 15) is 0 Å². The van der Waals surface area contributed by atoms with Gasteiger partial charge in [-0.05, 0) is 5.57 Å². The standard InChI is InChI=1S/C7H7.Hg.H2S/c1-7-5-3-2-4-6-7;;/h2-6H,1H2;;1H2/q;+1;/p-1. The molecule has 0 spiro atoms. The zero-order valence-electron chi connectivity index (χ0n) is 5.25. The van der Waals surface area contributed by atoms with Crippen LogP contribution in [0.4, 0.5) is 0 Å². The largest absolute Gasteiger partial charge is 1.00 e. The van der Waals surface area contributed by atoms with Gasteiger partial charge in [0.05, 0.1) is 0 Å². The number of rotatable bonds is 0. The minimum Gasteiger partial charge on any atom is -0.813 e. The van der Waals surface area contributed by atoms with E-state index in [1.165, 1.54) is 0 Å². The molecule has 0 saturated carbocycles. The molecular formula is C7H8HgS. The zero-order valence-corrected chi connectivity index (χ0v) is 11.6. The third-order valence-electron chi connectivity index (χ3n) is 0.843. The Balaban J connectivity index is 0. The number of allylic oxidation sites excluding steroid dienone is 5. The second kappa shape index (κ2) is 6.62. The van der Waals surface area contributed by atoms with Gasteiger partial charge in [-0.15, -0.1) is 0 Å². The predicted octanol–water partition coefficient (Wildman–Crippen LogP) is 1.60. The molecule has 0 amide bonds. The van der Waals surface area contributed by atoms with Gasteiger partial charge >= 0.3 is 27.7 Å². The molecule has 0 fully saturated rings. The van der Waals surface area contributed by atoms with Crippen LogP contribution in [0.2, 0.25) is 0 Å². The summed E-state index contributed by atoms with van der Waals surface area (Å²) in [6.07, 6.45) is 9.87. The molecule has 0 heterocycles. The average Bonchev–Trinajstić information content (AvgIpc) is 1.69. The fraction of sp³-hybridized carbons (Fsp3) is 0. The van der Waals surface area contributed by atoms with E-state index < -0.39 is 0 Å². The maximum Gasteiger partial charge on any atom is 1.00 e. The van der Waals surface area contributed by atoms with Gasteiger partial charge in [0.15, 0.2) is 0 Å². The second-order valence-electron chi connectivity index (χ2n) is 1.49. The van der Waals surface area contributed by atoms with Crippen LogP contribution in [0.5, 0.6) is 0 Å². The van der Waals surface area contributed by atoms with E-state index in [0.29, 0.717) is 0 Å². The molecule has 0 saturated heterocycles. The van der Waals surface area contributed by atoms with Gasteiger partial charge in [0.1, 0.15) is 0 Å². The first-order valence-corrected chi connectivity index (χ1v) is 2.26. The van der Waals surface area contributed by atoms with E-state index in [0.717, 1.165) is 5.57 Å². The molecule has 0 aliphatic heterocycles. The van der Waals surface area contributed by atoms with Gasteiger partial charge in [0, 0.05) is 6.42 Å². The molecular weight excluding hydrogens is 317 g/mol. The molecule has 0 aromatic heterocycles. The van der Waals surface area contributed by atoms with Gasteiger partial charge < -0.3 is 13.5 Å². The maximum absolute atomic E-state index is 3.72. The van der Waals surface area contributed by atoms with Crippen molar-refractivity contribution in [2.45, 2.75) is 0 Å². The molecule has 0 atom stereocenters. The molecule has 0 unspecified atom stereocenters. The minimum atomic E-state index is 0. The molecule has 0 N–H and O–H groups in total. The normalized spacial score (nSPS) is 14.0. The van der Waals surface area contributed by atoms with Crippen molar-refractivity contribution in [3.05, 3.63) is 42.9 Å². The van der Waals surface area contributed by atoms with E-state index in [-0.39, 0.29) is 41.2 Å². The fourth-order valence-corrected chi connectivity index (χ4v) is 0.478. The van der Waals surface area contributed by atoms with E-state index >= 15 is 0 Å². The molecule has 2 radical (unpaired) electrons. The van der Waals surface area contributed by atoms with Crippen LogP contribution in [-0.2, 0) is 41.2 Å². The van der Waals surface area contributed by atoms with E-state index in [1.54, 1.807) is 0 Å². The quantitative estimate of drug-likeness (QED) is 0.370. The Morgan fingerprint density at radius 3 is 2.00 bits per heavy atom. The Bertz CT molecular complexity index is 136. The molecule has 1 aliphatic carbocycles. The van der Waals surface area contributed by atoms with Crippen LogP contribution in [0.25, 0.3) is 0 Å². The first-order valence-electron chi connectivity index (χ1n) is 2.26. The Kier molecular flexibility index (Phi) is 8.98. The summed E-state index contributed by atoms with van der Waals surface area (Å²) in [5.74, 6) is 0. The number of hydrogen-bond donors (Lipinski definition) is 0. The van der Waals surface area contributed by atoms with Crippen LogP contribution >= 0.6 is 0 Å². The summed E-state index contributed by atoms with van der Waals surface area (Å²) in [5, 5.41) is 0. The number of hydrogen-bond acceptors (Lipinski definition) is 1. The third-order valence-corrected chi connectivity index (χ3v) is 0.843. The molecule has 1 aliphatic rings. The second-order valence-corrected chi connectivity index (χ2v) is 1.49. The van der Waals surface area contributed by atoms with E-state index in [4.69, 9.17) is 0 Å². The van der Waals surface area contributed by atoms with Gasteiger partial charge in [-0.2, -0.15) is 0 Å². The molecule has 2 heteroatoms. The van der Waals surface area contributed by atoms with Crippen molar-refractivity contribution in [2.24, 2.45) is 0 Å². The maximum atomic E-state index is 3.72. The number of thiol groups is 1. The SMILES string of the molecule is C=C1[CH]C=CC=C1.[Hg+].[SH-]. The monoisotopic (exact) mass is 326 g/mol. The molecule has 44 valence electrons. The minimum absolute atomic E-state index is 0. The van der Waals surface area contributed by atoms with Crippen LogP contribution in [0.3, 0.4) is 0 Å². The van der Waals surface area contributed by atoms with Crippen molar-refractivity contribution >= 4 is 13.5 Å². The van der Waals surface area contributed by atoms with Gasteiger partial charge in [0.2, 0.25) is 0 Å². The smallest absolute Gasteiger partial charge is 0.813 e. The third kappa shape index (κ3) is 4.98. The van der Waals surface area contributed by atoms with Crippen molar-refractivity contribution < 1.29 is 27.7 Å². The van der Waals surface area contributed by atoms with Gasteiger partial charge in [-0.1, -0.05) is 30.9 Å². The topological polar surface area (TPSA) is 0 Å². The Morgan fingerprint density at radius 2 is 1.78 bits per heavy atom. The molecule has 0 bridgehead atoms. The first kappa shape index (κ1) is 12.2.